The topological polar surface area (TPSA) is 48.9 Å². The van der Waals surface area contributed by atoms with Crippen LogP contribution in [0.4, 0.5) is 13.2 Å². The van der Waals surface area contributed by atoms with Crippen LogP contribution in [0.25, 0.3) is 0 Å². The van der Waals surface area contributed by atoms with E-state index >= 15 is 0 Å². The molecule has 1 saturated heterocycles. The highest BCUT2D eigenvalue weighted by atomic mass is 127. The molecular weight excluding hydrogens is 520 g/mol. The minimum atomic E-state index is -4.36. The number of aliphatic imine (C=N–C) groups is 1. The number of ether oxygens (including phenoxy) is 1. The summed E-state index contributed by atoms with van der Waals surface area (Å²) in [5.41, 5.74) is -0.356. The van der Waals surface area contributed by atoms with Gasteiger partial charge in [0.15, 0.2) is 5.96 Å². The normalized spacial score (nSPS) is 15.8. The molecule has 0 saturated carbocycles. The van der Waals surface area contributed by atoms with Crippen molar-refractivity contribution in [3.63, 3.8) is 0 Å². The number of hydrogen-bond donors (Lipinski definition) is 2. The Morgan fingerprint density at radius 2 is 2.00 bits per heavy atom. The van der Waals surface area contributed by atoms with Gasteiger partial charge in [-0.2, -0.15) is 13.2 Å². The number of nitrogens with zero attached hydrogens (tertiary/aromatic N) is 2. The summed E-state index contributed by atoms with van der Waals surface area (Å²) >= 11 is 0. The Bertz CT molecular complexity index is 751. The fourth-order valence-electron chi connectivity index (χ4n) is 3.15. The molecule has 31 heavy (non-hydrogen) atoms. The largest absolute Gasteiger partial charge is 0.416 e. The zero-order chi connectivity index (χ0) is 22.0. The van der Waals surface area contributed by atoms with Crippen LogP contribution in [0, 0.1) is 11.8 Å². The number of guanidine groups is 1. The van der Waals surface area contributed by atoms with Crippen molar-refractivity contribution < 1.29 is 17.9 Å². The van der Waals surface area contributed by atoms with E-state index in [2.05, 4.69) is 32.4 Å². The number of benzene rings is 1. The third-order valence-corrected chi connectivity index (χ3v) is 4.78. The molecule has 0 aliphatic carbocycles. The highest BCUT2D eigenvalue weighted by molar-refractivity contribution is 14.0. The number of nitrogens with one attached hydrogen (secondary N) is 2. The van der Waals surface area contributed by atoms with E-state index in [0.29, 0.717) is 24.1 Å². The fourth-order valence-corrected chi connectivity index (χ4v) is 3.15. The first-order valence-corrected chi connectivity index (χ1v) is 10.2. The molecule has 0 spiro atoms. The second kappa shape index (κ2) is 13.8. The van der Waals surface area contributed by atoms with Gasteiger partial charge in [0, 0.05) is 38.3 Å². The van der Waals surface area contributed by atoms with Crippen LogP contribution in [-0.4, -0.2) is 62.8 Å². The standard InChI is InChI=1S/C22H31F3N4O.HI/c1-17(2)30-15-14-29-12-9-20(10-13-29)28-21(26-3)27-11-5-7-18-6-4-8-19(16-18)22(23,24)25;/h4,6,8,16-17,20H,9-15H2,1-3H3,(H2,26,27,28);1H. The molecule has 9 heteroatoms. The molecule has 174 valence electrons. The maximum atomic E-state index is 12.8. The van der Waals surface area contributed by atoms with Crippen LogP contribution < -0.4 is 10.6 Å². The zero-order valence-corrected chi connectivity index (χ0v) is 20.6. The minimum absolute atomic E-state index is 0. The van der Waals surface area contributed by atoms with E-state index in [1.54, 1.807) is 13.1 Å². The van der Waals surface area contributed by atoms with Crippen molar-refractivity contribution in [2.45, 2.75) is 45.0 Å². The average molecular weight is 552 g/mol. The molecule has 0 radical (unpaired) electrons. The maximum absolute atomic E-state index is 12.8. The van der Waals surface area contributed by atoms with Crippen molar-refractivity contribution in [1.82, 2.24) is 15.5 Å². The van der Waals surface area contributed by atoms with Gasteiger partial charge in [-0.25, -0.2) is 0 Å². The SMILES string of the molecule is CN=C(NCC#Cc1cccc(C(F)(F)F)c1)NC1CCN(CCOC(C)C)CC1.I. The Morgan fingerprint density at radius 3 is 2.61 bits per heavy atom. The van der Waals surface area contributed by atoms with Crippen LogP contribution in [0.3, 0.4) is 0 Å². The number of likely N-dealkylation sites (tertiary alicyclic amines) is 1. The van der Waals surface area contributed by atoms with E-state index in [4.69, 9.17) is 4.74 Å². The second-order valence-corrected chi connectivity index (χ2v) is 7.49. The molecule has 2 N–H and O–H groups in total. The van der Waals surface area contributed by atoms with Gasteiger partial charge in [-0.3, -0.25) is 4.99 Å². The van der Waals surface area contributed by atoms with Crippen LogP contribution in [-0.2, 0) is 10.9 Å². The second-order valence-electron chi connectivity index (χ2n) is 7.49. The van der Waals surface area contributed by atoms with Crippen LogP contribution in [0.15, 0.2) is 29.3 Å². The van der Waals surface area contributed by atoms with E-state index in [-0.39, 0.29) is 30.1 Å². The molecule has 0 unspecified atom stereocenters. The predicted molar refractivity (Wildman–Crippen MR) is 129 cm³/mol. The molecule has 0 aromatic heterocycles. The smallest absolute Gasteiger partial charge is 0.377 e. The van der Waals surface area contributed by atoms with Crippen LogP contribution >= 0.6 is 24.0 Å². The first-order valence-electron chi connectivity index (χ1n) is 10.2. The Hall–Kier alpha value is -1.51. The Labute approximate surface area is 200 Å². The van der Waals surface area contributed by atoms with Crippen LogP contribution in [0.1, 0.15) is 37.8 Å². The number of hydrogen-bond acceptors (Lipinski definition) is 3. The summed E-state index contributed by atoms with van der Waals surface area (Å²) in [4.78, 5) is 6.61. The number of rotatable bonds is 6. The summed E-state index contributed by atoms with van der Waals surface area (Å²) in [6.45, 7) is 8.09. The van der Waals surface area contributed by atoms with Crippen molar-refractivity contribution in [3.05, 3.63) is 35.4 Å². The van der Waals surface area contributed by atoms with Gasteiger partial charge in [0.25, 0.3) is 0 Å². The van der Waals surface area contributed by atoms with E-state index in [1.165, 1.54) is 6.07 Å². The minimum Gasteiger partial charge on any atom is -0.377 e. The van der Waals surface area contributed by atoms with Gasteiger partial charge in [-0.1, -0.05) is 17.9 Å². The maximum Gasteiger partial charge on any atom is 0.416 e. The molecule has 1 aromatic carbocycles. The number of piperidine rings is 1. The fraction of sp³-hybridized carbons (Fsp3) is 0.591. The summed E-state index contributed by atoms with van der Waals surface area (Å²) in [7, 11) is 1.69. The quantitative estimate of drug-likeness (QED) is 0.245. The van der Waals surface area contributed by atoms with E-state index in [1.807, 2.05) is 13.8 Å². The molecule has 1 aromatic rings. The predicted octanol–water partition coefficient (Wildman–Crippen LogP) is 3.73. The lowest BCUT2D eigenvalue weighted by molar-refractivity contribution is -0.137. The van der Waals surface area contributed by atoms with Crippen molar-refractivity contribution >= 4 is 29.9 Å². The lowest BCUT2D eigenvalue weighted by atomic mass is 10.1. The molecule has 1 aliphatic rings. The molecule has 0 bridgehead atoms. The van der Waals surface area contributed by atoms with Gasteiger partial charge in [0.2, 0.25) is 0 Å². The highest BCUT2D eigenvalue weighted by Gasteiger charge is 2.30. The lowest BCUT2D eigenvalue weighted by Gasteiger charge is -2.33. The molecule has 1 aliphatic heterocycles. The highest BCUT2D eigenvalue weighted by Crippen LogP contribution is 2.29. The Kier molecular flexibility index (Phi) is 12.3. The summed E-state index contributed by atoms with van der Waals surface area (Å²) in [6.07, 6.45) is -2.08. The van der Waals surface area contributed by atoms with Gasteiger partial charge in [0.1, 0.15) is 0 Å². The van der Waals surface area contributed by atoms with E-state index in [9.17, 15) is 13.2 Å². The van der Waals surface area contributed by atoms with E-state index in [0.717, 1.165) is 51.2 Å². The van der Waals surface area contributed by atoms with E-state index < -0.39 is 11.7 Å². The molecule has 0 amide bonds. The van der Waals surface area contributed by atoms with Crippen molar-refractivity contribution in [2.24, 2.45) is 4.99 Å². The molecular formula is C22H32F3IN4O. The zero-order valence-electron chi connectivity index (χ0n) is 18.3. The van der Waals surface area contributed by atoms with Gasteiger partial charge >= 0.3 is 6.18 Å². The van der Waals surface area contributed by atoms with Gasteiger partial charge < -0.3 is 20.3 Å². The van der Waals surface area contributed by atoms with Crippen molar-refractivity contribution in [3.8, 4) is 11.8 Å². The van der Waals surface area contributed by atoms with Gasteiger partial charge in [-0.05, 0) is 44.9 Å². The summed E-state index contributed by atoms with van der Waals surface area (Å²) in [6, 6.07) is 5.35. The summed E-state index contributed by atoms with van der Waals surface area (Å²) in [5.74, 6) is 6.26. The first-order chi connectivity index (χ1) is 14.3. The number of alkyl halides is 3. The molecule has 2 rings (SSSR count). The molecule has 1 fully saturated rings. The molecule has 0 atom stereocenters. The van der Waals surface area contributed by atoms with Gasteiger partial charge in [0.05, 0.1) is 24.8 Å². The van der Waals surface area contributed by atoms with Crippen molar-refractivity contribution in [2.75, 3.05) is 39.8 Å². The van der Waals surface area contributed by atoms with Crippen LogP contribution in [0.2, 0.25) is 0 Å². The lowest BCUT2D eigenvalue weighted by Crippen LogP contribution is -2.49. The third kappa shape index (κ3) is 10.6. The summed E-state index contributed by atoms with van der Waals surface area (Å²) in [5, 5.41) is 6.49. The Morgan fingerprint density at radius 1 is 1.29 bits per heavy atom. The molecule has 5 nitrogen and oxygen atoms in total. The summed E-state index contributed by atoms with van der Waals surface area (Å²) < 4.78 is 43.9. The first kappa shape index (κ1) is 27.5. The Balaban J connectivity index is 0.00000480. The van der Waals surface area contributed by atoms with Crippen molar-refractivity contribution in [1.29, 1.82) is 0 Å². The molecule has 1 heterocycles. The monoisotopic (exact) mass is 552 g/mol. The van der Waals surface area contributed by atoms with Gasteiger partial charge in [-0.15, -0.1) is 24.0 Å². The van der Waals surface area contributed by atoms with Crippen LogP contribution in [0.5, 0.6) is 0 Å². The number of halogens is 4. The third-order valence-electron chi connectivity index (χ3n) is 4.78. The average Bonchev–Trinajstić information content (AvgIpc) is 2.71.